The molecule has 0 heterocycles. The van der Waals surface area contributed by atoms with Crippen molar-refractivity contribution in [1.82, 2.24) is 10.6 Å². The Labute approximate surface area is 164 Å². The second-order valence-corrected chi connectivity index (χ2v) is 6.76. The monoisotopic (exact) mass is 391 g/mol. The average molecular weight is 392 g/mol. The average Bonchev–Trinajstić information content (AvgIpc) is 2.66. The summed E-state index contributed by atoms with van der Waals surface area (Å²) in [6.07, 6.45) is 1.99. The number of phenols is 1. The van der Waals surface area contributed by atoms with Crippen molar-refractivity contribution >= 4 is 17.7 Å². The van der Waals surface area contributed by atoms with Crippen molar-refractivity contribution in [2.24, 2.45) is 4.99 Å². The molecule has 27 heavy (non-hydrogen) atoms. The molecule has 0 radical (unpaired) electrons. The van der Waals surface area contributed by atoms with E-state index in [4.69, 9.17) is 4.74 Å². The second kappa shape index (κ2) is 10.7. The molecule has 3 N–H and O–H groups in total. The van der Waals surface area contributed by atoms with Gasteiger partial charge in [0.05, 0.1) is 13.7 Å². The summed E-state index contributed by atoms with van der Waals surface area (Å²) in [5.41, 5.74) is 2.67. The summed E-state index contributed by atoms with van der Waals surface area (Å²) in [4.78, 5) is 4.53. The fourth-order valence-corrected chi connectivity index (χ4v) is 3.14. The molecule has 0 bridgehead atoms. The van der Waals surface area contributed by atoms with Crippen LogP contribution in [-0.4, -0.2) is 31.0 Å². The Bertz CT molecular complexity index is 784. The Morgan fingerprint density at radius 1 is 1.15 bits per heavy atom. The van der Waals surface area contributed by atoms with Gasteiger partial charge in [0.2, 0.25) is 0 Å². The number of nitrogens with zero attached hydrogens (tertiary/aromatic N) is 1. The first kappa shape index (κ1) is 20.9. The maximum Gasteiger partial charge on any atom is 0.191 e. The van der Waals surface area contributed by atoms with Crippen LogP contribution in [0.3, 0.4) is 0 Å². The lowest BCUT2D eigenvalue weighted by atomic mass is 10.1. The molecular weight excluding hydrogens is 365 g/mol. The topological polar surface area (TPSA) is 65.9 Å². The van der Waals surface area contributed by atoms with Gasteiger partial charge in [-0.25, -0.2) is 9.38 Å². The van der Waals surface area contributed by atoms with E-state index in [1.54, 1.807) is 49.2 Å². The third kappa shape index (κ3) is 6.36. The third-order valence-electron chi connectivity index (χ3n) is 3.95. The number of nitrogens with one attached hydrogen (secondary N) is 2. The Morgan fingerprint density at radius 3 is 2.67 bits per heavy atom. The molecule has 0 aliphatic carbocycles. The largest absolute Gasteiger partial charge is 0.508 e. The normalized spacial score (nSPS) is 11.3. The SMILES string of the molecule is CCNC(=NCc1cc(OC)ccc1O)NCc1ccc(F)cc1CSC. The number of hydrogen-bond donors (Lipinski definition) is 3. The second-order valence-electron chi connectivity index (χ2n) is 5.89. The van der Waals surface area contributed by atoms with Gasteiger partial charge in [0.15, 0.2) is 5.96 Å². The summed E-state index contributed by atoms with van der Waals surface area (Å²) in [7, 11) is 1.58. The molecular formula is C20H26FN3O2S. The van der Waals surface area contributed by atoms with Crippen molar-refractivity contribution in [3.05, 3.63) is 58.9 Å². The fraction of sp³-hybridized carbons (Fsp3) is 0.350. The van der Waals surface area contributed by atoms with E-state index in [0.29, 0.717) is 36.9 Å². The van der Waals surface area contributed by atoms with Gasteiger partial charge in [-0.15, -0.1) is 0 Å². The molecule has 2 aromatic rings. The number of rotatable bonds is 8. The Kier molecular flexibility index (Phi) is 8.26. The lowest BCUT2D eigenvalue weighted by molar-refractivity contribution is 0.411. The van der Waals surface area contributed by atoms with E-state index in [1.165, 1.54) is 6.07 Å². The van der Waals surface area contributed by atoms with Crippen molar-refractivity contribution in [1.29, 1.82) is 0 Å². The predicted molar refractivity (Wildman–Crippen MR) is 110 cm³/mol. The maximum atomic E-state index is 13.5. The van der Waals surface area contributed by atoms with Crippen molar-refractivity contribution in [2.45, 2.75) is 25.8 Å². The molecule has 2 aromatic carbocycles. The standard InChI is InChI=1S/C20H26FN3O2S/c1-4-22-20(24-12-15-10-18(26-2)7-8-19(15)25)23-11-14-5-6-17(21)9-16(14)13-27-3/h5-10,25H,4,11-13H2,1-3H3,(H2,22,23,24). The molecule has 0 aromatic heterocycles. The molecule has 0 saturated heterocycles. The number of halogens is 1. The third-order valence-corrected chi connectivity index (χ3v) is 4.55. The number of aliphatic imine (C=N–C) groups is 1. The summed E-state index contributed by atoms with van der Waals surface area (Å²) in [6, 6.07) is 9.90. The molecule has 0 atom stereocenters. The minimum absolute atomic E-state index is 0.177. The molecule has 0 fully saturated rings. The molecule has 0 aliphatic rings. The minimum atomic E-state index is -0.225. The summed E-state index contributed by atoms with van der Waals surface area (Å²) < 4.78 is 18.7. The highest BCUT2D eigenvalue weighted by Crippen LogP contribution is 2.23. The van der Waals surface area contributed by atoms with Gasteiger partial charge in [0, 0.05) is 24.4 Å². The molecule has 0 spiro atoms. The summed E-state index contributed by atoms with van der Waals surface area (Å²) in [5, 5.41) is 16.4. The summed E-state index contributed by atoms with van der Waals surface area (Å²) >= 11 is 1.65. The van der Waals surface area contributed by atoms with Crippen LogP contribution in [0.25, 0.3) is 0 Å². The van der Waals surface area contributed by atoms with Crippen LogP contribution in [0, 0.1) is 5.82 Å². The van der Waals surface area contributed by atoms with Crippen LogP contribution in [0.15, 0.2) is 41.4 Å². The van der Waals surface area contributed by atoms with E-state index in [9.17, 15) is 9.50 Å². The summed E-state index contributed by atoms with van der Waals surface area (Å²) in [6.45, 7) is 3.53. The van der Waals surface area contributed by atoms with Crippen LogP contribution >= 0.6 is 11.8 Å². The number of benzene rings is 2. The number of methoxy groups -OCH3 is 1. The highest BCUT2D eigenvalue weighted by Gasteiger charge is 2.07. The lowest BCUT2D eigenvalue weighted by Gasteiger charge is -2.14. The molecule has 7 heteroatoms. The molecule has 146 valence electrons. The minimum Gasteiger partial charge on any atom is -0.508 e. The van der Waals surface area contributed by atoms with E-state index in [1.807, 2.05) is 13.2 Å². The zero-order valence-corrected chi connectivity index (χ0v) is 16.7. The number of ether oxygens (including phenoxy) is 1. The van der Waals surface area contributed by atoms with E-state index < -0.39 is 0 Å². The predicted octanol–water partition coefficient (Wildman–Crippen LogP) is 3.66. The van der Waals surface area contributed by atoms with Crippen molar-refractivity contribution in [3.8, 4) is 11.5 Å². The van der Waals surface area contributed by atoms with Crippen LogP contribution in [0.5, 0.6) is 11.5 Å². The van der Waals surface area contributed by atoms with Gasteiger partial charge in [-0.3, -0.25) is 0 Å². The number of thioether (sulfide) groups is 1. The lowest BCUT2D eigenvalue weighted by Crippen LogP contribution is -2.37. The number of aromatic hydroxyl groups is 1. The zero-order valence-electron chi connectivity index (χ0n) is 15.9. The van der Waals surface area contributed by atoms with E-state index in [-0.39, 0.29) is 11.6 Å². The van der Waals surface area contributed by atoms with Gasteiger partial charge in [-0.2, -0.15) is 11.8 Å². The van der Waals surface area contributed by atoms with Gasteiger partial charge in [-0.1, -0.05) is 6.07 Å². The van der Waals surface area contributed by atoms with Crippen LogP contribution in [-0.2, 0) is 18.8 Å². The molecule has 0 aliphatic heterocycles. The molecule has 0 unspecified atom stereocenters. The van der Waals surface area contributed by atoms with Gasteiger partial charge in [0.25, 0.3) is 0 Å². The van der Waals surface area contributed by atoms with Crippen molar-refractivity contribution < 1.29 is 14.2 Å². The van der Waals surface area contributed by atoms with Crippen LogP contribution in [0.2, 0.25) is 0 Å². The van der Waals surface area contributed by atoms with Gasteiger partial charge >= 0.3 is 0 Å². The first-order chi connectivity index (χ1) is 13.1. The number of phenolic OH excluding ortho intramolecular Hbond substituents is 1. The Morgan fingerprint density at radius 2 is 1.96 bits per heavy atom. The highest BCUT2D eigenvalue weighted by molar-refractivity contribution is 7.97. The quantitative estimate of drug-likeness (QED) is 0.473. The summed E-state index contributed by atoms with van der Waals surface area (Å²) in [5.74, 6) is 2.00. The number of guanidine groups is 1. The van der Waals surface area contributed by atoms with E-state index in [0.717, 1.165) is 16.9 Å². The first-order valence-corrected chi connectivity index (χ1v) is 10.1. The molecule has 2 rings (SSSR count). The zero-order chi connectivity index (χ0) is 19.6. The molecule has 0 saturated carbocycles. The van der Waals surface area contributed by atoms with Gasteiger partial charge < -0.3 is 20.5 Å². The van der Waals surface area contributed by atoms with Crippen LogP contribution in [0.4, 0.5) is 4.39 Å². The van der Waals surface area contributed by atoms with Crippen molar-refractivity contribution in [3.63, 3.8) is 0 Å². The van der Waals surface area contributed by atoms with Crippen LogP contribution < -0.4 is 15.4 Å². The van der Waals surface area contributed by atoms with Gasteiger partial charge in [-0.05, 0) is 54.6 Å². The van der Waals surface area contributed by atoms with Gasteiger partial charge in [0.1, 0.15) is 17.3 Å². The Hall–Kier alpha value is -2.41. The molecule has 5 nitrogen and oxygen atoms in total. The maximum absolute atomic E-state index is 13.5. The Balaban J connectivity index is 2.10. The highest BCUT2D eigenvalue weighted by atomic mass is 32.2. The molecule has 0 amide bonds. The number of hydrogen-bond acceptors (Lipinski definition) is 4. The van der Waals surface area contributed by atoms with Crippen molar-refractivity contribution in [2.75, 3.05) is 19.9 Å². The fourth-order valence-electron chi connectivity index (χ4n) is 2.56. The smallest absolute Gasteiger partial charge is 0.191 e. The van der Waals surface area contributed by atoms with E-state index >= 15 is 0 Å². The van der Waals surface area contributed by atoms with E-state index in [2.05, 4.69) is 15.6 Å². The van der Waals surface area contributed by atoms with Crippen LogP contribution in [0.1, 0.15) is 23.6 Å². The first-order valence-electron chi connectivity index (χ1n) is 8.71.